The number of ether oxygens (including phenoxy) is 1. The Bertz CT molecular complexity index is 783. The average molecular weight is 338 g/mol. The van der Waals surface area contributed by atoms with E-state index in [1.807, 2.05) is 51.6 Å². The fourth-order valence-electron chi connectivity index (χ4n) is 3.46. The van der Waals surface area contributed by atoms with Gasteiger partial charge in [-0.05, 0) is 69.4 Å². The Hall–Kier alpha value is -2.36. The summed E-state index contributed by atoms with van der Waals surface area (Å²) in [4.78, 5) is 16.6. The van der Waals surface area contributed by atoms with Crippen LogP contribution in [-0.4, -0.2) is 21.1 Å². The number of allylic oxidation sites excluding steroid dienone is 2. The van der Waals surface area contributed by atoms with Crippen molar-refractivity contribution in [3.05, 3.63) is 59.7 Å². The minimum absolute atomic E-state index is 0.262. The lowest BCUT2D eigenvalue weighted by Crippen LogP contribution is -2.24. The zero-order valence-electron chi connectivity index (χ0n) is 15.5. The van der Waals surface area contributed by atoms with Crippen LogP contribution in [0.15, 0.2) is 43.0 Å². The van der Waals surface area contributed by atoms with E-state index in [1.165, 1.54) is 16.7 Å². The van der Waals surface area contributed by atoms with E-state index in [2.05, 4.69) is 28.6 Å². The molecular formula is C21H26N2O2. The van der Waals surface area contributed by atoms with Gasteiger partial charge in [-0.15, -0.1) is 0 Å². The van der Waals surface area contributed by atoms with E-state index in [9.17, 15) is 4.79 Å². The van der Waals surface area contributed by atoms with E-state index < -0.39 is 5.60 Å². The number of hydrogen-bond acceptors (Lipinski definition) is 3. The molecule has 0 saturated carbocycles. The molecule has 0 saturated heterocycles. The van der Waals surface area contributed by atoms with Crippen LogP contribution >= 0.6 is 0 Å². The summed E-state index contributed by atoms with van der Waals surface area (Å²) in [6, 6.07) is 5.96. The standard InChI is InChI=1S/C21H26N2O2/c1-5-18-17(13-23-11-10-22-14-23)9-7-15-6-8-16(12-19(15)18)20(24)25-21(2,3)4/h5-6,8,10-12,14,17H,7,9,13H2,1-4H3. The molecule has 25 heavy (non-hydrogen) atoms. The summed E-state index contributed by atoms with van der Waals surface area (Å²) < 4.78 is 7.65. The number of rotatable bonds is 3. The molecule has 0 N–H and O–H groups in total. The van der Waals surface area contributed by atoms with Gasteiger partial charge in [0.25, 0.3) is 0 Å². The Labute approximate surface area is 149 Å². The highest BCUT2D eigenvalue weighted by atomic mass is 16.6. The molecule has 1 aliphatic carbocycles. The van der Waals surface area contributed by atoms with Crippen LogP contribution in [-0.2, 0) is 17.7 Å². The lowest BCUT2D eigenvalue weighted by molar-refractivity contribution is 0.00694. The first-order valence-corrected chi connectivity index (χ1v) is 8.86. The second-order valence-electron chi connectivity index (χ2n) is 7.61. The highest BCUT2D eigenvalue weighted by Gasteiger charge is 2.26. The second kappa shape index (κ2) is 6.87. The van der Waals surface area contributed by atoms with Crippen molar-refractivity contribution in [2.24, 2.45) is 5.92 Å². The van der Waals surface area contributed by atoms with Gasteiger partial charge in [-0.2, -0.15) is 0 Å². The van der Waals surface area contributed by atoms with Crippen molar-refractivity contribution in [1.29, 1.82) is 0 Å². The number of esters is 1. The molecule has 1 unspecified atom stereocenters. The number of benzene rings is 1. The maximum absolute atomic E-state index is 12.4. The third-order valence-electron chi connectivity index (χ3n) is 4.56. The quantitative estimate of drug-likeness (QED) is 0.774. The van der Waals surface area contributed by atoms with E-state index in [0.717, 1.165) is 19.4 Å². The molecule has 4 nitrogen and oxygen atoms in total. The lowest BCUT2D eigenvalue weighted by atomic mass is 9.78. The third kappa shape index (κ3) is 4.01. The summed E-state index contributed by atoms with van der Waals surface area (Å²) in [6.07, 6.45) is 9.99. The number of hydrogen-bond donors (Lipinski definition) is 0. The first kappa shape index (κ1) is 17.5. The van der Waals surface area contributed by atoms with Gasteiger partial charge in [0, 0.05) is 24.9 Å². The lowest BCUT2D eigenvalue weighted by Gasteiger charge is -2.29. The number of aromatic nitrogens is 2. The first-order valence-electron chi connectivity index (χ1n) is 8.86. The van der Waals surface area contributed by atoms with Gasteiger partial charge in [0.1, 0.15) is 5.60 Å². The minimum Gasteiger partial charge on any atom is -0.456 e. The third-order valence-corrected chi connectivity index (χ3v) is 4.56. The Morgan fingerprint density at radius 3 is 2.84 bits per heavy atom. The van der Waals surface area contributed by atoms with Crippen LogP contribution in [0.4, 0.5) is 0 Å². The number of nitrogens with zero attached hydrogens (tertiary/aromatic N) is 2. The molecule has 1 heterocycles. The predicted molar refractivity (Wildman–Crippen MR) is 99.3 cm³/mol. The largest absolute Gasteiger partial charge is 0.456 e. The van der Waals surface area contributed by atoms with Gasteiger partial charge in [0.2, 0.25) is 0 Å². The summed E-state index contributed by atoms with van der Waals surface area (Å²) >= 11 is 0. The minimum atomic E-state index is -0.486. The van der Waals surface area contributed by atoms with E-state index in [0.29, 0.717) is 11.5 Å². The predicted octanol–water partition coefficient (Wildman–Crippen LogP) is 4.50. The van der Waals surface area contributed by atoms with Gasteiger partial charge in [-0.1, -0.05) is 12.1 Å². The number of imidazole rings is 1. The Morgan fingerprint density at radius 1 is 1.40 bits per heavy atom. The van der Waals surface area contributed by atoms with E-state index >= 15 is 0 Å². The highest BCUT2D eigenvalue weighted by Crippen LogP contribution is 2.37. The van der Waals surface area contributed by atoms with Gasteiger partial charge in [-0.25, -0.2) is 9.78 Å². The molecule has 0 spiro atoms. The normalized spacial score (nSPS) is 18.9. The van der Waals surface area contributed by atoms with Gasteiger partial charge >= 0.3 is 5.97 Å². The SMILES string of the molecule is CC=C1c2cc(C(=O)OC(C)(C)C)ccc2CCC1Cn1ccnc1. The zero-order valence-corrected chi connectivity index (χ0v) is 15.5. The van der Waals surface area contributed by atoms with Crippen LogP contribution in [0.5, 0.6) is 0 Å². The van der Waals surface area contributed by atoms with E-state index in [-0.39, 0.29) is 5.97 Å². The van der Waals surface area contributed by atoms with Crippen LogP contribution in [0.25, 0.3) is 5.57 Å². The fraction of sp³-hybridized carbons (Fsp3) is 0.429. The Kier molecular flexibility index (Phi) is 4.80. The van der Waals surface area contributed by atoms with Crippen molar-refractivity contribution in [2.75, 3.05) is 0 Å². The van der Waals surface area contributed by atoms with Crippen molar-refractivity contribution < 1.29 is 9.53 Å². The van der Waals surface area contributed by atoms with Crippen molar-refractivity contribution >= 4 is 11.5 Å². The summed E-state index contributed by atoms with van der Waals surface area (Å²) in [7, 11) is 0. The number of aryl methyl sites for hydroxylation is 1. The molecule has 0 amide bonds. The fourth-order valence-corrected chi connectivity index (χ4v) is 3.46. The topological polar surface area (TPSA) is 44.1 Å². The molecule has 1 aromatic heterocycles. The molecule has 2 aromatic rings. The monoisotopic (exact) mass is 338 g/mol. The maximum Gasteiger partial charge on any atom is 0.338 e. The molecule has 0 radical (unpaired) electrons. The zero-order chi connectivity index (χ0) is 18.0. The number of fused-ring (bicyclic) bond motifs is 1. The van der Waals surface area contributed by atoms with Crippen molar-refractivity contribution in [3.63, 3.8) is 0 Å². The maximum atomic E-state index is 12.4. The van der Waals surface area contributed by atoms with Gasteiger partial charge < -0.3 is 9.30 Å². The van der Waals surface area contributed by atoms with Gasteiger partial charge in [0.05, 0.1) is 11.9 Å². The Balaban J connectivity index is 1.88. The molecule has 0 fully saturated rings. The highest BCUT2D eigenvalue weighted by molar-refractivity contribution is 5.91. The van der Waals surface area contributed by atoms with Gasteiger partial charge in [0.15, 0.2) is 0 Å². The summed E-state index contributed by atoms with van der Waals surface area (Å²) in [5.41, 5.74) is 3.93. The molecule has 0 aliphatic heterocycles. The average Bonchev–Trinajstić information content (AvgIpc) is 3.05. The van der Waals surface area contributed by atoms with Crippen molar-refractivity contribution in [2.45, 2.75) is 52.7 Å². The summed E-state index contributed by atoms with van der Waals surface area (Å²) in [5, 5.41) is 0. The van der Waals surface area contributed by atoms with E-state index in [4.69, 9.17) is 4.74 Å². The molecule has 1 aliphatic rings. The molecule has 4 heteroatoms. The van der Waals surface area contributed by atoms with Crippen LogP contribution in [0.2, 0.25) is 0 Å². The second-order valence-corrected chi connectivity index (χ2v) is 7.61. The van der Waals surface area contributed by atoms with Crippen LogP contribution in [0.3, 0.4) is 0 Å². The molecule has 3 rings (SSSR count). The molecule has 0 bridgehead atoms. The van der Waals surface area contributed by atoms with E-state index in [1.54, 1.807) is 0 Å². The molecule has 1 aromatic carbocycles. The van der Waals surface area contributed by atoms with Crippen LogP contribution in [0, 0.1) is 5.92 Å². The molecule has 1 atom stereocenters. The smallest absolute Gasteiger partial charge is 0.338 e. The summed E-state index contributed by atoms with van der Waals surface area (Å²) in [5.74, 6) is 0.170. The van der Waals surface area contributed by atoms with Gasteiger partial charge in [-0.3, -0.25) is 0 Å². The molecule has 132 valence electrons. The summed E-state index contributed by atoms with van der Waals surface area (Å²) in [6.45, 7) is 8.66. The van der Waals surface area contributed by atoms with Crippen LogP contribution < -0.4 is 0 Å². The molecular weight excluding hydrogens is 312 g/mol. The number of carbonyl (C=O) groups excluding carboxylic acids is 1. The van der Waals surface area contributed by atoms with Crippen molar-refractivity contribution in [1.82, 2.24) is 9.55 Å². The van der Waals surface area contributed by atoms with Crippen LogP contribution in [0.1, 0.15) is 55.6 Å². The Morgan fingerprint density at radius 2 is 2.20 bits per heavy atom. The number of carbonyl (C=O) groups is 1. The van der Waals surface area contributed by atoms with Crippen molar-refractivity contribution in [3.8, 4) is 0 Å². The first-order chi connectivity index (χ1) is 11.9.